The molecule has 0 radical (unpaired) electrons. The molecule has 2 aromatic carbocycles. The Morgan fingerprint density at radius 3 is 2.20 bits per heavy atom. The first-order chi connectivity index (χ1) is 11.9. The fraction of sp³-hybridized carbons (Fsp3) is 0.381. The van der Waals surface area contributed by atoms with Crippen LogP contribution >= 0.6 is 0 Å². The van der Waals surface area contributed by atoms with E-state index in [9.17, 15) is 4.79 Å². The SMILES string of the molecule is CCc1ccc(OCCNC(=O)Nc2ccc(C(C)(C)C)cc2)cc1. The van der Waals surface area contributed by atoms with Gasteiger partial charge in [-0.2, -0.15) is 0 Å². The zero-order valence-corrected chi connectivity index (χ0v) is 15.6. The molecule has 0 saturated carbocycles. The van der Waals surface area contributed by atoms with Gasteiger partial charge in [0.2, 0.25) is 0 Å². The number of ether oxygens (including phenoxy) is 1. The van der Waals surface area contributed by atoms with Gasteiger partial charge in [-0.05, 0) is 47.2 Å². The van der Waals surface area contributed by atoms with Crippen molar-refractivity contribution in [2.75, 3.05) is 18.5 Å². The summed E-state index contributed by atoms with van der Waals surface area (Å²) in [5, 5.41) is 5.62. The van der Waals surface area contributed by atoms with Crippen LogP contribution < -0.4 is 15.4 Å². The maximum absolute atomic E-state index is 11.9. The third-order valence-corrected chi connectivity index (χ3v) is 4.00. The number of hydrogen-bond donors (Lipinski definition) is 2. The van der Waals surface area contributed by atoms with E-state index in [4.69, 9.17) is 4.74 Å². The monoisotopic (exact) mass is 340 g/mol. The molecule has 4 heteroatoms. The van der Waals surface area contributed by atoms with Crippen molar-refractivity contribution in [2.24, 2.45) is 0 Å². The van der Waals surface area contributed by atoms with Crippen molar-refractivity contribution >= 4 is 11.7 Å². The Hall–Kier alpha value is -2.49. The van der Waals surface area contributed by atoms with Crippen molar-refractivity contribution < 1.29 is 9.53 Å². The molecule has 25 heavy (non-hydrogen) atoms. The number of benzene rings is 2. The van der Waals surface area contributed by atoms with Crippen LogP contribution in [0.5, 0.6) is 5.75 Å². The van der Waals surface area contributed by atoms with Crippen molar-refractivity contribution in [1.82, 2.24) is 5.32 Å². The Balaban J connectivity index is 1.71. The lowest BCUT2D eigenvalue weighted by molar-refractivity contribution is 0.247. The van der Waals surface area contributed by atoms with Crippen molar-refractivity contribution in [3.05, 3.63) is 59.7 Å². The fourth-order valence-corrected chi connectivity index (χ4v) is 2.38. The first-order valence-corrected chi connectivity index (χ1v) is 8.75. The molecule has 2 rings (SSSR count). The molecule has 4 nitrogen and oxygen atoms in total. The zero-order valence-electron chi connectivity index (χ0n) is 15.6. The highest BCUT2D eigenvalue weighted by Gasteiger charge is 2.13. The Morgan fingerprint density at radius 2 is 1.64 bits per heavy atom. The van der Waals surface area contributed by atoms with Crippen LogP contribution in [0.3, 0.4) is 0 Å². The van der Waals surface area contributed by atoms with Crippen molar-refractivity contribution in [1.29, 1.82) is 0 Å². The molecule has 0 fully saturated rings. The van der Waals surface area contributed by atoms with E-state index in [0.717, 1.165) is 17.9 Å². The average Bonchev–Trinajstić information content (AvgIpc) is 2.59. The molecule has 0 heterocycles. The van der Waals surface area contributed by atoms with Crippen LogP contribution in [0.1, 0.15) is 38.8 Å². The van der Waals surface area contributed by atoms with Gasteiger partial charge in [-0.1, -0.05) is 52.0 Å². The molecule has 2 amide bonds. The van der Waals surface area contributed by atoms with E-state index >= 15 is 0 Å². The second-order valence-electron chi connectivity index (χ2n) is 7.05. The summed E-state index contributed by atoms with van der Waals surface area (Å²) in [5.41, 5.74) is 3.40. The lowest BCUT2D eigenvalue weighted by Crippen LogP contribution is -2.32. The van der Waals surface area contributed by atoms with Crippen LogP contribution in [0.2, 0.25) is 0 Å². The number of amides is 2. The summed E-state index contributed by atoms with van der Waals surface area (Å²) in [6.45, 7) is 9.49. The number of nitrogens with one attached hydrogen (secondary N) is 2. The smallest absolute Gasteiger partial charge is 0.319 e. The lowest BCUT2D eigenvalue weighted by Gasteiger charge is -2.19. The van der Waals surface area contributed by atoms with E-state index in [0.29, 0.717) is 13.2 Å². The van der Waals surface area contributed by atoms with Gasteiger partial charge in [-0.3, -0.25) is 0 Å². The number of aryl methyl sites for hydroxylation is 1. The molecule has 0 spiro atoms. The van der Waals surface area contributed by atoms with E-state index in [1.165, 1.54) is 11.1 Å². The van der Waals surface area contributed by atoms with Crippen molar-refractivity contribution in [3.8, 4) is 5.75 Å². The zero-order chi connectivity index (χ0) is 18.3. The standard InChI is InChI=1S/C21H28N2O2/c1-5-16-6-12-19(13-7-16)25-15-14-22-20(24)23-18-10-8-17(9-11-18)21(2,3)4/h6-13H,5,14-15H2,1-4H3,(H2,22,23,24). The van der Waals surface area contributed by atoms with Crippen LogP contribution in [0.15, 0.2) is 48.5 Å². The van der Waals surface area contributed by atoms with Crippen LogP contribution in [-0.2, 0) is 11.8 Å². The van der Waals surface area contributed by atoms with Gasteiger partial charge in [0.15, 0.2) is 0 Å². The van der Waals surface area contributed by atoms with E-state index < -0.39 is 0 Å². The number of urea groups is 1. The van der Waals surface area contributed by atoms with Crippen LogP contribution in [0.4, 0.5) is 10.5 Å². The molecule has 2 N–H and O–H groups in total. The molecule has 0 atom stereocenters. The molecule has 134 valence electrons. The molecular formula is C21H28N2O2. The number of carbonyl (C=O) groups is 1. The van der Waals surface area contributed by atoms with E-state index in [-0.39, 0.29) is 11.4 Å². The van der Waals surface area contributed by atoms with Gasteiger partial charge in [0.1, 0.15) is 12.4 Å². The van der Waals surface area contributed by atoms with Gasteiger partial charge in [0.25, 0.3) is 0 Å². The van der Waals surface area contributed by atoms with Gasteiger partial charge in [-0.25, -0.2) is 4.79 Å². The minimum Gasteiger partial charge on any atom is -0.492 e. The molecule has 2 aromatic rings. The summed E-state index contributed by atoms with van der Waals surface area (Å²) in [6.07, 6.45) is 1.01. The van der Waals surface area contributed by atoms with Gasteiger partial charge in [0, 0.05) is 5.69 Å². The van der Waals surface area contributed by atoms with E-state index in [1.54, 1.807) is 0 Å². The summed E-state index contributed by atoms with van der Waals surface area (Å²) >= 11 is 0. The molecule has 0 aromatic heterocycles. The molecule has 0 aliphatic heterocycles. The van der Waals surface area contributed by atoms with Gasteiger partial charge in [-0.15, -0.1) is 0 Å². The number of rotatable bonds is 6. The predicted molar refractivity (Wildman–Crippen MR) is 103 cm³/mol. The average molecular weight is 340 g/mol. The number of carbonyl (C=O) groups excluding carboxylic acids is 1. The summed E-state index contributed by atoms with van der Waals surface area (Å²) in [5.74, 6) is 0.817. The number of hydrogen-bond acceptors (Lipinski definition) is 2. The van der Waals surface area contributed by atoms with Crippen LogP contribution in [0.25, 0.3) is 0 Å². The summed E-state index contributed by atoms with van der Waals surface area (Å²) in [6, 6.07) is 15.7. The maximum Gasteiger partial charge on any atom is 0.319 e. The Kier molecular flexibility index (Phi) is 6.45. The Morgan fingerprint density at radius 1 is 1.00 bits per heavy atom. The topological polar surface area (TPSA) is 50.4 Å². The summed E-state index contributed by atoms with van der Waals surface area (Å²) < 4.78 is 5.62. The molecular weight excluding hydrogens is 312 g/mol. The second kappa shape index (κ2) is 8.56. The van der Waals surface area contributed by atoms with Gasteiger partial charge < -0.3 is 15.4 Å². The quantitative estimate of drug-likeness (QED) is 0.746. The fourth-order valence-electron chi connectivity index (χ4n) is 2.38. The van der Waals surface area contributed by atoms with Crippen LogP contribution in [0, 0.1) is 0 Å². The highest BCUT2D eigenvalue weighted by atomic mass is 16.5. The molecule has 0 unspecified atom stereocenters. The van der Waals surface area contributed by atoms with Crippen molar-refractivity contribution in [3.63, 3.8) is 0 Å². The minimum absolute atomic E-state index is 0.105. The van der Waals surface area contributed by atoms with Crippen molar-refractivity contribution in [2.45, 2.75) is 39.5 Å². The van der Waals surface area contributed by atoms with E-state index in [2.05, 4.69) is 50.5 Å². The summed E-state index contributed by atoms with van der Waals surface area (Å²) in [4.78, 5) is 11.9. The third kappa shape index (κ3) is 6.14. The Labute approximate surface area is 150 Å². The largest absolute Gasteiger partial charge is 0.492 e. The first-order valence-electron chi connectivity index (χ1n) is 8.75. The highest BCUT2D eigenvalue weighted by molar-refractivity contribution is 5.89. The molecule has 0 bridgehead atoms. The van der Waals surface area contributed by atoms with Crippen LogP contribution in [-0.4, -0.2) is 19.2 Å². The molecule has 0 aliphatic rings. The number of anilines is 1. The summed E-state index contributed by atoms with van der Waals surface area (Å²) in [7, 11) is 0. The maximum atomic E-state index is 11.9. The molecule has 0 aliphatic carbocycles. The molecule has 0 saturated heterocycles. The predicted octanol–water partition coefficient (Wildman–Crippen LogP) is 4.75. The third-order valence-electron chi connectivity index (χ3n) is 4.00. The highest BCUT2D eigenvalue weighted by Crippen LogP contribution is 2.23. The second-order valence-corrected chi connectivity index (χ2v) is 7.05. The lowest BCUT2D eigenvalue weighted by atomic mass is 9.87. The van der Waals surface area contributed by atoms with Gasteiger partial charge >= 0.3 is 6.03 Å². The first kappa shape index (κ1) is 18.8. The minimum atomic E-state index is -0.228. The Bertz CT molecular complexity index is 671. The van der Waals surface area contributed by atoms with E-state index in [1.807, 2.05) is 36.4 Å². The van der Waals surface area contributed by atoms with Gasteiger partial charge in [0.05, 0.1) is 6.54 Å². The normalized spacial score (nSPS) is 11.0.